The summed E-state index contributed by atoms with van der Waals surface area (Å²) in [6.45, 7) is -0.145. The van der Waals surface area contributed by atoms with Crippen LogP contribution in [0.1, 0.15) is 21.6 Å². The molecule has 1 aromatic heterocycles. The first-order valence-electron chi connectivity index (χ1n) is 8.69. The summed E-state index contributed by atoms with van der Waals surface area (Å²) in [7, 11) is -4.44. The number of rotatable bonds is 7. The Morgan fingerprint density at radius 3 is 1.97 bits per heavy atom. The number of nitrogens with zero attached hydrogens (tertiary/aromatic N) is 1. The lowest BCUT2D eigenvalue weighted by Gasteiger charge is -2.12. The van der Waals surface area contributed by atoms with E-state index in [9.17, 15) is 18.0 Å². The van der Waals surface area contributed by atoms with Crippen LogP contribution in [0.2, 0.25) is 0 Å². The predicted molar refractivity (Wildman–Crippen MR) is 112 cm³/mol. The van der Waals surface area contributed by atoms with Crippen molar-refractivity contribution in [2.24, 2.45) is 0 Å². The maximum atomic E-state index is 12.6. The molecule has 0 aliphatic rings. The van der Waals surface area contributed by atoms with Gasteiger partial charge in [0, 0.05) is 6.20 Å². The number of benzene rings is 2. The number of halogens is 1. The fourth-order valence-electron chi connectivity index (χ4n) is 2.48. The number of aromatic nitrogens is 1. The van der Waals surface area contributed by atoms with Crippen molar-refractivity contribution in [1.29, 1.82) is 0 Å². The van der Waals surface area contributed by atoms with Gasteiger partial charge >= 0.3 is 22.3 Å². The molecule has 0 unspecified atom stereocenters. The van der Waals surface area contributed by atoms with Crippen LogP contribution in [0, 0.1) is 0 Å². The van der Waals surface area contributed by atoms with Crippen LogP contribution < -0.4 is 4.72 Å². The third-order valence-corrected chi connectivity index (χ3v) is 5.78. The van der Waals surface area contributed by atoms with E-state index < -0.39 is 22.3 Å². The van der Waals surface area contributed by atoms with E-state index in [4.69, 9.17) is 9.47 Å². The Bertz CT molecular complexity index is 1130. The highest BCUT2D eigenvalue weighted by Gasteiger charge is 2.27. The second-order valence-corrected chi connectivity index (χ2v) is 8.44. The minimum Gasteiger partial charge on any atom is -0.456 e. The number of hydrogen-bond donors (Lipinski definition) is 1. The van der Waals surface area contributed by atoms with Crippen molar-refractivity contribution in [3.05, 3.63) is 94.2 Å². The van der Waals surface area contributed by atoms with Gasteiger partial charge in [0.25, 0.3) is 0 Å². The summed E-state index contributed by atoms with van der Waals surface area (Å²) in [6, 6.07) is 19.1. The van der Waals surface area contributed by atoms with Crippen molar-refractivity contribution in [1.82, 2.24) is 8.69 Å². The first kappa shape index (κ1) is 21.6. The zero-order valence-corrected chi connectivity index (χ0v) is 17.9. The van der Waals surface area contributed by atoms with Crippen molar-refractivity contribution in [3.8, 4) is 0 Å². The molecule has 0 saturated carbocycles. The standard InChI is InChI=1S/C20H17BrN2O6S/c21-17-11-12-23(18(17)19(24)28-13-15-7-3-1-4-8-15)30(26,27)22-20(25)29-14-16-9-5-2-6-10-16/h1-12H,13-14H2,(H,22,25). The van der Waals surface area contributed by atoms with Crippen molar-refractivity contribution in [3.63, 3.8) is 0 Å². The SMILES string of the molecule is O=C(NS(=O)(=O)n1ccc(Br)c1C(=O)OCc1ccccc1)OCc1ccccc1. The maximum absolute atomic E-state index is 12.6. The zero-order valence-electron chi connectivity index (χ0n) is 15.5. The fourth-order valence-corrected chi connectivity index (χ4v) is 4.07. The summed E-state index contributed by atoms with van der Waals surface area (Å²) in [6.07, 6.45) is -0.0528. The second kappa shape index (κ2) is 9.59. The summed E-state index contributed by atoms with van der Waals surface area (Å²) in [5, 5.41) is 0. The van der Waals surface area contributed by atoms with Crippen LogP contribution in [0.15, 0.2) is 77.4 Å². The molecule has 1 N–H and O–H groups in total. The van der Waals surface area contributed by atoms with Crippen LogP contribution in [-0.2, 0) is 32.9 Å². The third-order valence-electron chi connectivity index (χ3n) is 3.89. The molecule has 0 aliphatic carbocycles. The van der Waals surface area contributed by atoms with Crippen molar-refractivity contribution < 1.29 is 27.5 Å². The van der Waals surface area contributed by atoms with E-state index >= 15 is 0 Å². The number of ether oxygens (including phenoxy) is 2. The zero-order chi connectivity index (χ0) is 21.6. The molecular weight excluding hydrogens is 476 g/mol. The summed E-state index contributed by atoms with van der Waals surface area (Å²) in [4.78, 5) is 24.4. The minimum absolute atomic E-state index is 0.0378. The summed E-state index contributed by atoms with van der Waals surface area (Å²) in [5.74, 6) is -0.876. The Hall–Kier alpha value is -3.11. The molecule has 0 atom stereocenters. The Labute approximate surface area is 181 Å². The van der Waals surface area contributed by atoms with Gasteiger partial charge in [-0.25, -0.2) is 18.3 Å². The van der Waals surface area contributed by atoms with E-state index in [2.05, 4.69) is 15.9 Å². The van der Waals surface area contributed by atoms with Gasteiger partial charge in [0.1, 0.15) is 13.2 Å². The molecule has 0 saturated heterocycles. The van der Waals surface area contributed by atoms with Gasteiger partial charge in [-0.3, -0.25) is 0 Å². The number of nitrogens with one attached hydrogen (secondary N) is 1. The molecule has 1 amide bonds. The lowest BCUT2D eigenvalue weighted by Crippen LogP contribution is -2.36. The highest BCUT2D eigenvalue weighted by Crippen LogP contribution is 2.21. The first-order valence-corrected chi connectivity index (χ1v) is 10.9. The highest BCUT2D eigenvalue weighted by atomic mass is 79.9. The Morgan fingerprint density at radius 1 is 0.867 bits per heavy atom. The number of carbonyl (C=O) groups is 2. The molecule has 0 radical (unpaired) electrons. The largest absolute Gasteiger partial charge is 0.456 e. The van der Waals surface area contributed by atoms with E-state index in [1.165, 1.54) is 6.07 Å². The van der Waals surface area contributed by atoms with E-state index in [1.807, 2.05) is 6.07 Å². The van der Waals surface area contributed by atoms with E-state index in [-0.39, 0.29) is 23.4 Å². The highest BCUT2D eigenvalue weighted by molar-refractivity contribution is 9.10. The van der Waals surface area contributed by atoms with Crippen molar-refractivity contribution >= 4 is 38.2 Å². The average Bonchev–Trinajstić information content (AvgIpc) is 3.14. The second-order valence-electron chi connectivity index (χ2n) is 6.04. The molecular formula is C20H17BrN2O6S. The van der Waals surface area contributed by atoms with Gasteiger partial charge in [0.2, 0.25) is 0 Å². The molecule has 0 fully saturated rings. The quantitative estimate of drug-likeness (QED) is 0.505. The van der Waals surface area contributed by atoms with Crippen LogP contribution in [-0.4, -0.2) is 24.5 Å². The van der Waals surface area contributed by atoms with Gasteiger partial charge < -0.3 is 9.47 Å². The molecule has 1 heterocycles. The summed E-state index contributed by atoms with van der Waals surface area (Å²) < 4.78 is 37.9. The number of hydrogen-bond acceptors (Lipinski definition) is 6. The minimum atomic E-state index is -4.44. The molecule has 10 heteroatoms. The molecule has 3 aromatic rings. The number of amides is 1. The number of carbonyl (C=O) groups excluding carboxylic acids is 2. The Morgan fingerprint density at radius 2 is 1.40 bits per heavy atom. The lowest BCUT2D eigenvalue weighted by molar-refractivity contribution is 0.0463. The summed E-state index contributed by atoms with van der Waals surface area (Å²) >= 11 is 3.13. The van der Waals surface area contributed by atoms with E-state index in [1.54, 1.807) is 59.3 Å². The van der Waals surface area contributed by atoms with Gasteiger partial charge in [0.15, 0.2) is 5.69 Å². The summed E-state index contributed by atoms with van der Waals surface area (Å²) in [5.41, 5.74) is 1.15. The van der Waals surface area contributed by atoms with Crippen LogP contribution in [0.4, 0.5) is 4.79 Å². The topological polar surface area (TPSA) is 104 Å². The molecule has 0 bridgehead atoms. The average molecular weight is 493 g/mol. The molecule has 3 rings (SSSR count). The molecule has 2 aromatic carbocycles. The number of esters is 1. The predicted octanol–water partition coefficient (Wildman–Crippen LogP) is 3.63. The Kier molecular flexibility index (Phi) is 6.91. The monoisotopic (exact) mass is 492 g/mol. The molecule has 0 spiro atoms. The fraction of sp³-hybridized carbons (Fsp3) is 0.100. The van der Waals surface area contributed by atoms with Gasteiger partial charge in [0.05, 0.1) is 4.47 Å². The van der Waals surface area contributed by atoms with Crippen molar-refractivity contribution in [2.45, 2.75) is 13.2 Å². The third kappa shape index (κ3) is 5.49. The molecule has 8 nitrogen and oxygen atoms in total. The first-order chi connectivity index (χ1) is 14.4. The van der Waals surface area contributed by atoms with E-state index in [0.29, 0.717) is 9.54 Å². The molecule has 0 aliphatic heterocycles. The van der Waals surface area contributed by atoms with Gasteiger partial charge in [-0.1, -0.05) is 60.7 Å². The van der Waals surface area contributed by atoms with E-state index in [0.717, 1.165) is 11.8 Å². The smallest absolute Gasteiger partial charge is 0.422 e. The maximum Gasteiger partial charge on any atom is 0.422 e. The normalized spacial score (nSPS) is 11.0. The van der Waals surface area contributed by atoms with Crippen LogP contribution in [0.25, 0.3) is 0 Å². The molecule has 30 heavy (non-hydrogen) atoms. The van der Waals surface area contributed by atoms with Gasteiger partial charge in [-0.15, -0.1) is 0 Å². The Balaban J connectivity index is 1.68. The van der Waals surface area contributed by atoms with Crippen LogP contribution in [0.3, 0.4) is 0 Å². The van der Waals surface area contributed by atoms with Gasteiger partial charge in [-0.2, -0.15) is 8.42 Å². The van der Waals surface area contributed by atoms with Crippen LogP contribution in [0.5, 0.6) is 0 Å². The molecule has 156 valence electrons. The lowest BCUT2D eigenvalue weighted by atomic mass is 10.2. The van der Waals surface area contributed by atoms with Crippen LogP contribution >= 0.6 is 15.9 Å². The van der Waals surface area contributed by atoms with Crippen molar-refractivity contribution in [2.75, 3.05) is 0 Å². The van der Waals surface area contributed by atoms with Gasteiger partial charge in [-0.05, 0) is 33.1 Å².